The number of benzene rings is 2. The van der Waals surface area contributed by atoms with Crippen molar-refractivity contribution in [3.05, 3.63) is 57.3 Å². The van der Waals surface area contributed by atoms with Crippen LogP contribution in [-0.2, 0) is 9.53 Å². The normalized spacial score (nSPS) is 11.6. The minimum Gasteiger partial charge on any atom is -0.495 e. The lowest BCUT2D eigenvalue weighted by Crippen LogP contribution is -2.30. The standard InChI is InChI=1S/C17H14BrClFNO4/c1-9(25-17(23)12-8-11(20)4-5-13(12)18)16(22)21-14-7-10(19)3-6-15(14)24-2/h3-9H,1-2H3,(H,21,22). The zero-order valence-corrected chi connectivity index (χ0v) is 15.7. The van der Waals surface area contributed by atoms with Gasteiger partial charge in [-0.25, -0.2) is 9.18 Å². The smallest absolute Gasteiger partial charge is 0.340 e. The molecular weight excluding hydrogens is 417 g/mol. The number of hydrogen-bond donors (Lipinski definition) is 1. The van der Waals surface area contributed by atoms with Crippen molar-refractivity contribution in [2.45, 2.75) is 13.0 Å². The maximum absolute atomic E-state index is 13.3. The Hall–Kier alpha value is -2.12. The van der Waals surface area contributed by atoms with Gasteiger partial charge in [-0.3, -0.25) is 4.79 Å². The predicted molar refractivity (Wildman–Crippen MR) is 95.6 cm³/mol. The van der Waals surface area contributed by atoms with Crippen molar-refractivity contribution in [3.63, 3.8) is 0 Å². The summed E-state index contributed by atoms with van der Waals surface area (Å²) < 4.78 is 23.9. The van der Waals surface area contributed by atoms with Crippen LogP contribution in [-0.4, -0.2) is 25.1 Å². The molecule has 1 N–H and O–H groups in total. The zero-order valence-electron chi connectivity index (χ0n) is 13.3. The number of anilines is 1. The number of amides is 1. The summed E-state index contributed by atoms with van der Waals surface area (Å²) in [6, 6.07) is 8.32. The van der Waals surface area contributed by atoms with Crippen LogP contribution in [0.25, 0.3) is 0 Å². The first-order chi connectivity index (χ1) is 11.8. The summed E-state index contributed by atoms with van der Waals surface area (Å²) in [6.45, 7) is 1.40. The lowest BCUT2D eigenvalue weighted by Gasteiger charge is -2.16. The van der Waals surface area contributed by atoms with Gasteiger partial charge in [-0.2, -0.15) is 0 Å². The molecule has 1 atom stereocenters. The molecule has 0 bridgehead atoms. The van der Waals surface area contributed by atoms with Crippen molar-refractivity contribution in [1.82, 2.24) is 0 Å². The number of carbonyl (C=O) groups is 2. The second-order valence-corrected chi connectivity index (χ2v) is 6.30. The van der Waals surface area contributed by atoms with Gasteiger partial charge in [0.1, 0.15) is 11.6 Å². The highest BCUT2D eigenvalue weighted by Gasteiger charge is 2.22. The molecule has 2 aromatic rings. The van der Waals surface area contributed by atoms with Crippen LogP contribution in [0.2, 0.25) is 5.02 Å². The summed E-state index contributed by atoms with van der Waals surface area (Å²) in [5, 5.41) is 2.98. The van der Waals surface area contributed by atoms with Gasteiger partial charge < -0.3 is 14.8 Å². The van der Waals surface area contributed by atoms with Gasteiger partial charge in [-0.15, -0.1) is 0 Å². The lowest BCUT2D eigenvalue weighted by molar-refractivity contribution is -0.123. The second-order valence-electron chi connectivity index (χ2n) is 5.01. The van der Waals surface area contributed by atoms with Gasteiger partial charge in [-0.1, -0.05) is 11.6 Å². The molecule has 0 heterocycles. The van der Waals surface area contributed by atoms with E-state index >= 15 is 0 Å². The number of esters is 1. The first kappa shape index (κ1) is 19.2. The average Bonchev–Trinajstić information content (AvgIpc) is 2.57. The Morgan fingerprint density at radius 2 is 1.96 bits per heavy atom. The molecule has 0 aromatic heterocycles. The van der Waals surface area contributed by atoms with Gasteiger partial charge in [-0.05, 0) is 59.3 Å². The third-order valence-electron chi connectivity index (χ3n) is 3.22. The maximum atomic E-state index is 13.3. The summed E-state index contributed by atoms with van der Waals surface area (Å²) in [4.78, 5) is 24.4. The van der Waals surface area contributed by atoms with Crippen molar-refractivity contribution in [2.75, 3.05) is 12.4 Å². The largest absolute Gasteiger partial charge is 0.495 e. The first-order valence-electron chi connectivity index (χ1n) is 7.12. The number of rotatable bonds is 5. The van der Waals surface area contributed by atoms with Crippen LogP contribution in [0.3, 0.4) is 0 Å². The molecule has 0 radical (unpaired) electrons. The highest BCUT2D eigenvalue weighted by molar-refractivity contribution is 9.10. The molecular formula is C17H14BrClFNO4. The molecule has 8 heteroatoms. The van der Waals surface area contributed by atoms with E-state index in [9.17, 15) is 14.0 Å². The van der Waals surface area contributed by atoms with Crippen LogP contribution in [0, 0.1) is 5.82 Å². The molecule has 25 heavy (non-hydrogen) atoms. The average molecular weight is 431 g/mol. The highest BCUT2D eigenvalue weighted by atomic mass is 79.9. The molecule has 0 saturated carbocycles. The van der Waals surface area contributed by atoms with E-state index in [1.54, 1.807) is 12.1 Å². The number of ether oxygens (including phenoxy) is 2. The SMILES string of the molecule is COc1ccc(Cl)cc1NC(=O)C(C)OC(=O)c1cc(F)ccc1Br. The van der Waals surface area contributed by atoms with Gasteiger partial charge in [0.25, 0.3) is 5.91 Å². The molecule has 0 aliphatic rings. The Bertz CT molecular complexity index is 815. The van der Waals surface area contributed by atoms with E-state index in [1.165, 1.54) is 32.2 Å². The highest BCUT2D eigenvalue weighted by Crippen LogP contribution is 2.28. The monoisotopic (exact) mass is 429 g/mol. The summed E-state index contributed by atoms with van der Waals surface area (Å²) in [6.07, 6.45) is -1.12. The van der Waals surface area contributed by atoms with Crippen molar-refractivity contribution in [3.8, 4) is 5.75 Å². The predicted octanol–water partition coefficient (Wildman–Crippen LogP) is 4.43. The fourth-order valence-electron chi connectivity index (χ4n) is 1.94. The number of halogens is 3. The van der Waals surface area contributed by atoms with E-state index in [2.05, 4.69) is 21.2 Å². The Morgan fingerprint density at radius 1 is 1.24 bits per heavy atom. The Labute approximate surface area is 157 Å². The molecule has 2 rings (SSSR count). The van der Waals surface area contributed by atoms with E-state index in [0.29, 0.717) is 20.9 Å². The van der Waals surface area contributed by atoms with Crippen LogP contribution in [0.5, 0.6) is 5.75 Å². The Kier molecular flexibility index (Phi) is 6.39. The first-order valence-corrected chi connectivity index (χ1v) is 8.29. The summed E-state index contributed by atoms with van der Waals surface area (Å²) in [7, 11) is 1.45. The minimum absolute atomic E-state index is 0.0139. The van der Waals surface area contributed by atoms with Crippen LogP contribution < -0.4 is 10.1 Å². The van der Waals surface area contributed by atoms with Gasteiger partial charge in [0, 0.05) is 9.50 Å². The maximum Gasteiger partial charge on any atom is 0.340 e. The van der Waals surface area contributed by atoms with E-state index in [1.807, 2.05) is 0 Å². The van der Waals surface area contributed by atoms with E-state index in [-0.39, 0.29) is 5.56 Å². The molecule has 0 fully saturated rings. The number of hydrogen-bond acceptors (Lipinski definition) is 4. The van der Waals surface area contributed by atoms with Crippen molar-refractivity contribution in [1.29, 1.82) is 0 Å². The Morgan fingerprint density at radius 3 is 2.64 bits per heavy atom. The number of carbonyl (C=O) groups excluding carboxylic acids is 2. The minimum atomic E-state index is -1.12. The second kappa shape index (κ2) is 8.31. The van der Waals surface area contributed by atoms with E-state index in [0.717, 1.165) is 6.07 Å². The summed E-state index contributed by atoms with van der Waals surface area (Å²) >= 11 is 9.04. The zero-order chi connectivity index (χ0) is 18.6. The van der Waals surface area contributed by atoms with Crippen LogP contribution in [0.1, 0.15) is 17.3 Å². The van der Waals surface area contributed by atoms with Crippen molar-refractivity contribution >= 4 is 45.1 Å². The molecule has 132 valence electrons. The van der Waals surface area contributed by atoms with Gasteiger partial charge >= 0.3 is 5.97 Å². The molecule has 0 aliphatic carbocycles. The van der Waals surface area contributed by atoms with Gasteiger partial charge in [0.2, 0.25) is 0 Å². The van der Waals surface area contributed by atoms with E-state index in [4.69, 9.17) is 21.1 Å². The van der Waals surface area contributed by atoms with Gasteiger partial charge in [0.05, 0.1) is 18.4 Å². The summed E-state index contributed by atoms with van der Waals surface area (Å²) in [5.41, 5.74) is 0.329. The molecule has 0 saturated heterocycles. The Balaban J connectivity index is 2.09. The molecule has 0 spiro atoms. The number of methoxy groups -OCH3 is 1. The van der Waals surface area contributed by atoms with Crippen LogP contribution in [0.4, 0.5) is 10.1 Å². The fraction of sp³-hybridized carbons (Fsp3) is 0.176. The van der Waals surface area contributed by atoms with Gasteiger partial charge in [0.15, 0.2) is 6.10 Å². The molecule has 0 aliphatic heterocycles. The fourth-order valence-corrected chi connectivity index (χ4v) is 2.52. The lowest BCUT2D eigenvalue weighted by atomic mass is 10.2. The molecule has 1 unspecified atom stereocenters. The quantitative estimate of drug-likeness (QED) is 0.713. The van der Waals surface area contributed by atoms with Crippen molar-refractivity contribution in [2.24, 2.45) is 0 Å². The molecule has 2 aromatic carbocycles. The number of nitrogens with one attached hydrogen (secondary N) is 1. The molecule has 1 amide bonds. The molecule has 5 nitrogen and oxygen atoms in total. The topological polar surface area (TPSA) is 64.6 Å². The van der Waals surface area contributed by atoms with E-state index < -0.39 is 23.8 Å². The third kappa shape index (κ3) is 4.93. The summed E-state index contributed by atoms with van der Waals surface area (Å²) in [5.74, 6) is -1.59. The van der Waals surface area contributed by atoms with Crippen LogP contribution in [0.15, 0.2) is 40.9 Å². The van der Waals surface area contributed by atoms with Crippen molar-refractivity contribution < 1.29 is 23.5 Å². The van der Waals surface area contributed by atoms with Crippen LogP contribution >= 0.6 is 27.5 Å². The third-order valence-corrected chi connectivity index (χ3v) is 4.15.